The summed E-state index contributed by atoms with van der Waals surface area (Å²) in [5.74, 6) is 0. The summed E-state index contributed by atoms with van der Waals surface area (Å²) in [7, 11) is 3.46. The summed E-state index contributed by atoms with van der Waals surface area (Å²) in [5.41, 5.74) is 3.31. The van der Waals surface area contributed by atoms with Crippen LogP contribution in [0.4, 0.5) is 0 Å². The monoisotopic (exact) mass is 332 g/mol. The number of rotatable bonds is 5. The van der Waals surface area contributed by atoms with Crippen molar-refractivity contribution in [3.63, 3.8) is 0 Å². The number of halogens is 1. The molecule has 1 unspecified atom stereocenters. The van der Waals surface area contributed by atoms with Gasteiger partial charge >= 0.3 is 7.48 Å². The number of hydrogen-bond acceptors (Lipinski definition) is 1. The van der Waals surface area contributed by atoms with Gasteiger partial charge in [-0.3, -0.25) is 0 Å². The standard InChI is InChI=1S/C18H23BClOP/c1-17(2,18(3,4)22)21-19-16-8-6-5-7-15(16)13-9-11-14(20)12-10-13/h5-12,19H,22H2,1-4H3. The van der Waals surface area contributed by atoms with E-state index in [-0.39, 0.29) is 10.8 Å². The van der Waals surface area contributed by atoms with Gasteiger partial charge in [-0.2, -0.15) is 0 Å². The first-order valence-electron chi connectivity index (χ1n) is 7.47. The van der Waals surface area contributed by atoms with Gasteiger partial charge in [-0.05, 0) is 42.6 Å². The minimum atomic E-state index is -0.231. The van der Waals surface area contributed by atoms with Crippen LogP contribution < -0.4 is 5.46 Å². The third kappa shape index (κ3) is 4.13. The third-order valence-corrected chi connectivity index (χ3v) is 5.26. The molecule has 116 valence electrons. The Kier molecular flexibility index (Phi) is 5.38. The Bertz CT molecular complexity index is 632. The van der Waals surface area contributed by atoms with Crippen molar-refractivity contribution < 1.29 is 4.65 Å². The molecule has 0 spiro atoms. The topological polar surface area (TPSA) is 9.23 Å². The lowest BCUT2D eigenvalue weighted by Crippen LogP contribution is -2.45. The quantitative estimate of drug-likeness (QED) is 0.581. The molecule has 0 aliphatic rings. The van der Waals surface area contributed by atoms with E-state index in [1.54, 1.807) is 0 Å². The molecule has 0 saturated heterocycles. The second-order valence-corrected chi connectivity index (χ2v) is 8.56. The predicted molar refractivity (Wildman–Crippen MR) is 103 cm³/mol. The lowest BCUT2D eigenvalue weighted by molar-refractivity contribution is 0.0841. The van der Waals surface area contributed by atoms with Crippen LogP contribution >= 0.6 is 20.8 Å². The number of hydrogen-bond donors (Lipinski definition) is 0. The van der Waals surface area contributed by atoms with E-state index in [4.69, 9.17) is 16.3 Å². The molecule has 1 atom stereocenters. The van der Waals surface area contributed by atoms with Crippen LogP contribution in [-0.2, 0) is 4.65 Å². The van der Waals surface area contributed by atoms with Crippen molar-refractivity contribution >= 4 is 33.8 Å². The van der Waals surface area contributed by atoms with Crippen LogP contribution in [-0.4, -0.2) is 18.2 Å². The average molecular weight is 333 g/mol. The van der Waals surface area contributed by atoms with Crippen LogP contribution in [0.15, 0.2) is 48.5 Å². The zero-order chi connectivity index (χ0) is 16.4. The minimum absolute atomic E-state index is 0.00220. The van der Waals surface area contributed by atoms with Gasteiger partial charge in [0, 0.05) is 10.2 Å². The predicted octanol–water partition coefficient (Wildman–Crippen LogP) is 4.43. The summed E-state index contributed by atoms with van der Waals surface area (Å²) in [6, 6.07) is 16.3. The minimum Gasteiger partial charge on any atom is -0.429 e. The van der Waals surface area contributed by atoms with Gasteiger partial charge in [0.15, 0.2) is 0 Å². The summed E-state index contributed by atoms with van der Waals surface area (Å²) < 4.78 is 6.22. The maximum atomic E-state index is 6.22. The zero-order valence-corrected chi connectivity index (χ0v) is 15.6. The molecule has 0 radical (unpaired) electrons. The maximum absolute atomic E-state index is 6.22. The second kappa shape index (κ2) is 6.75. The first-order valence-corrected chi connectivity index (χ1v) is 8.43. The Balaban J connectivity index is 2.24. The average Bonchev–Trinajstić information content (AvgIpc) is 2.45. The van der Waals surface area contributed by atoms with Gasteiger partial charge in [0.1, 0.15) is 0 Å². The molecule has 2 aromatic carbocycles. The molecule has 0 bridgehead atoms. The van der Waals surface area contributed by atoms with Crippen molar-refractivity contribution in [1.29, 1.82) is 0 Å². The molecular weight excluding hydrogens is 309 g/mol. The van der Waals surface area contributed by atoms with Gasteiger partial charge in [0.05, 0.1) is 5.60 Å². The van der Waals surface area contributed by atoms with Crippen LogP contribution in [0.25, 0.3) is 11.1 Å². The van der Waals surface area contributed by atoms with E-state index in [1.807, 2.05) is 24.3 Å². The molecule has 4 heteroatoms. The third-order valence-electron chi connectivity index (χ3n) is 4.31. The highest BCUT2D eigenvalue weighted by Crippen LogP contribution is 2.33. The van der Waals surface area contributed by atoms with Gasteiger partial charge < -0.3 is 4.65 Å². The van der Waals surface area contributed by atoms with E-state index >= 15 is 0 Å². The fraction of sp³-hybridized carbons (Fsp3) is 0.333. The van der Waals surface area contributed by atoms with E-state index in [2.05, 4.69) is 61.2 Å². The van der Waals surface area contributed by atoms with E-state index < -0.39 is 0 Å². The van der Waals surface area contributed by atoms with Crippen LogP contribution in [0.3, 0.4) is 0 Å². The summed E-state index contributed by atoms with van der Waals surface area (Å²) >= 11 is 5.98. The van der Waals surface area contributed by atoms with Crippen LogP contribution in [0.2, 0.25) is 5.02 Å². The van der Waals surface area contributed by atoms with Crippen molar-refractivity contribution in [2.24, 2.45) is 0 Å². The summed E-state index contributed by atoms with van der Waals surface area (Å²) in [4.78, 5) is 0. The second-order valence-electron chi connectivity index (χ2n) is 6.68. The molecule has 0 fully saturated rings. The van der Waals surface area contributed by atoms with Crippen molar-refractivity contribution in [2.75, 3.05) is 0 Å². The summed E-state index contributed by atoms with van der Waals surface area (Å²) in [5, 5.41) is 0.755. The lowest BCUT2D eigenvalue weighted by Gasteiger charge is -2.39. The Morgan fingerprint density at radius 1 is 0.955 bits per heavy atom. The van der Waals surface area contributed by atoms with Crippen molar-refractivity contribution in [3.8, 4) is 11.1 Å². The van der Waals surface area contributed by atoms with Crippen LogP contribution in [0.1, 0.15) is 27.7 Å². The molecule has 0 amide bonds. The molecule has 2 rings (SSSR count). The van der Waals surface area contributed by atoms with Gasteiger partial charge in [-0.1, -0.05) is 61.8 Å². The molecule has 22 heavy (non-hydrogen) atoms. The Morgan fingerprint density at radius 2 is 1.55 bits per heavy atom. The number of benzene rings is 2. The zero-order valence-electron chi connectivity index (χ0n) is 13.7. The fourth-order valence-electron chi connectivity index (χ4n) is 2.00. The van der Waals surface area contributed by atoms with Crippen LogP contribution in [0, 0.1) is 0 Å². The Hall–Kier alpha value is -0.815. The van der Waals surface area contributed by atoms with Gasteiger partial charge in [-0.25, -0.2) is 0 Å². The van der Waals surface area contributed by atoms with E-state index in [9.17, 15) is 0 Å². The van der Waals surface area contributed by atoms with Crippen LogP contribution in [0.5, 0.6) is 0 Å². The Morgan fingerprint density at radius 3 is 2.14 bits per heavy atom. The maximum Gasteiger partial charge on any atom is 0.309 e. The fourth-order valence-corrected chi connectivity index (χ4v) is 2.21. The summed E-state index contributed by atoms with van der Waals surface area (Å²) in [6.45, 7) is 8.60. The molecule has 0 heterocycles. The molecule has 2 aromatic rings. The Labute approximate surface area is 141 Å². The van der Waals surface area contributed by atoms with Crippen molar-refractivity contribution in [3.05, 3.63) is 53.6 Å². The van der Waals surface area contributed by atoms with Crippen molar-refractivity contribution in [1.82, 2.24) is 0 Å². The lowest BCUT2D eigenvalue weighted by atomic mass is 9.79. The first-order chi connectivity index (χ1) is 10.2. The molecule has 1 nitrogen and oxygen atoms in total. The first kappa shape index (κ1) is 17.5. The normalized spacial score (nSPS) is 12.3. The van der Waals surface area contributed by atoms with Gasteiger partial charge in [-0.15, -0.1) is 9.24 Å². The highest BCUT2D eigenvalue weighted by Gasteiger charge is 2.33. The van der Waals surface area contributed by atoms with Gasteiger partial charge in [0.25, 0.3) is 0 Å². The molecule has 0 saturated carbocycles. The van der Waals surface area contributed by atoms with E-state index in [1.165, 1.54) is 11.0 Å². The molecule has 0 aliphatic carbocycles. The SMILES string of the molecule is CC(C)(P)C(C)(C)OBc1ccccc1-c1ccc(Cl)cc1. The van der Waals surface area contributed by atoms with Crippen molar-refractivity contribution in [2.45, 2.75) is 38.5 Å². The molecular formula is C18H23BClOP. The van der Waals surface area contributed by atoms with E-state index in [0.717, 1.165) is 10.6 Å². The molecule has 0 aromatic heterocycles. The highest BCUT2D eigenvalue weighted by molar-refractivity contribution is 7.19. The summed E-state index contributed by atoms with van der Waals surface area (Å²) in [6.07, 6.45) is 0. The smallest absolute Gasteiger partial charge is 0.309 e. The molecule has 0 N–H and O–H groups in total. The highest BCUT2D eigenvalue weighted by atomic mass is 35.5. The van der Waals surface area contributed by atoms with Gasteiger partial charge in [0.2, 0.25) is 0 Å². The molecule has 0 aliphatic heterocycles. The largest absolute Gasteiger partial charge is 0.429 e. The van der Waals surface area contributed by atoms with E-state index in [0.29, 0.717) is 7.48 Å².